The van der Waals surface area contributed by atoms with Gasteiger partial charge in [-0.2, -0.15) is 5.26 Å². The zero-order valence-electron chi connectivity index (χ0n) is 54.8. The van der Waals surface area contributed by atoms with Gasteiger partial charge in [0.15, 0.2) is 0 Å². The molecule has 454 valence electrons. The Kier molecular flexibility index (Phi) is 21.0. The highest BCUT2D eigenvalue weighted by atomic mass is 14.5. The molecule has 0 N–H and O–H groups in total. The number of rotatable bonds is 32. The molecule has 0 fully saturated rings. The smallest absolute Gasteiger partial charge is 0.0991 e. The van der Waals surface area contributed by atoms with Crippen LogP contribution in [0.1, 0.15) is 246 Å². The molecule has 2 aliphatic carbocycles. The second-order valence-corrected chi connectivity index (χ2v) is 27.3. The quantitative estimate of drug-likeness (QED) is 0.0305. The Morgan fingerprint density at radius 3 is 1.00 bits per heavy atom. The summed E-state index contributed by atoms with van der Waals surface area (Å²) in [5, 5.41) is 15.2. The van der Waals surface area contributed by atoms with Crippen molar-refractivity contribution >= 4 is 21.5 Å². The molecule has 0 bridgehead atoms. The second-order valence-electron chi connectivity index (χ2n) is 27.3. The van der Waals surface area contributed by atoms with Crippen LogP contribution >= 0.6 is 0 Å². The van der Waals surface area contributed by atoms with Gasteiger partial charge >= 0.3 is 0 Å². The molecule has 11 rings (SSSR count). The summed E-state index contributed by atoms with van der Waals surface area (Å²) in [6.45, 7) is 13.8. The van der Waals surface area contributed by atoms with Gasteiger partial charge in [0, 0.05) is 10.8 Å². The lowest BCUT2D eigenvalue weighted by atomic mass is 9.69. The van der Waals surface area contributed by atoms with E-state index in [9.17, 15) is 5.26 Å². The number of benzene rings is 9. The third-order valence-electron chi connectivity index (χ3n) is 20.9. The van der Waals surface area contributed by atoms with Crippen LogP contribution in [-0.4, -0.2) is 0 Å². The zero-order valence-corrected chi connectivity index (χ0v) is 54.8. The lowest BCUT2D eigenvalue weighted by Gasteiger charge is -2.33. The van der Waals surface area contributed by atoms with E-state index in [2.05, 4.69) is 199 Å². The SMILES string of the molecule is CCCCCCCCC1(CCCCCCCC)c2cc(C)ccc2-c2ccc(-c3cc(-c4ccc(C#N)cc4)cc(-c4ccc5c(c4)C(CCCCCCCC)(CCCCCCCC)c4cc(-c6ccc7cc8cc(C)ccc8cc7c6)ccc4-5)c3)cc21. The fraction of sp³-hybridized carbons (Fsp3) is 0.414. The maximum Gasteiger partial charge on any atom is 0.0991 e. The van der Waals surface area contributed by atoms with Crippen molar-refractivity contribution in [3.63, 3.8) is 0 Å². The third kappa shape index (κ3) is 13.7. The molecule has 1 nitrogen and oxygen atoms in total. The van der Waals surface area contributed by atoms with E-state index in [-0.39, 0.29) is 10.8 Å². The summed E-state index contributed by atoms with van der Waals surface area (Å²) in [6.07, 6.45) is 35.9. The molecule has 0 radical (unpaired) electrons. The van der Waals surface area contributed by atoms with E-state index in [4.69, 9.17) is 0 Å². The summed E-state index contributed by atoms with van der Waals surface area (Å²) in [4.78, 5) is 0. The maximum atomic E-state index is 9.98. The van der Waals surface area contributed by atoms with Crippen LogP contribution in [0.3, 0.4) is 0 Å². The normalized spacial score (nSPS) is 13.4. The fourth-order valence-electron chi connectivity index (χ4n) is 16.0. The number of nitriles is 1. The first-order valence-electron chi connectivity index (χ1n) is 35.4. The van der Waals surface area contributed by atoms with Crippen molar-refractivity contribution in [1.29, 1.82) is 5.26 Å². The van der Waals surface area contributed by atoms with E-state index < -0.39 is 0 Å². The van der Waals surface area contributed by atoms with Crippen molar-refractivity contribution in [1.82, 2.24) is 0 Å². The van der Waals surface area contributed by atoms with Gasteiger partial charge < -0.3 is 0 Å². The Balaban J connectivity index is 1.04. The average Bonchev–Trinajstić information content (AvgIpc) is 1.72. The number of unbranched alkanes of at least 4 members (excludes halogenated alkanes) is 20. The molecule has 0 heterocycles. The van der Waals surface area contributed by atoms with Gasteiger partial charge in [0.1, 0.15) is 0 Å². The van der Waals surface area contributed by atoms with E-state index in [1.54, 1.807) is 16.7 Å². The first-order valence-corrected chi connectivity index (χ1v) is 35.4. The van der Waals surface area contributed by atoms with Gasteiger partial charge in [0.25, 0.3) is 0 Å². The van der Waals surface area contributed by atoms with Crippen molar-refractivity contribution in [3.8, 4) is 72.8 Å². The second kappa shape index (κ2) is 29.5. The summed E-state index contributed by atoms with van der Waals surface area (Å²) in [6, 6.07) is 67.1. The zero-order chi connectivity index (χ0) is 60.9. The van der Waals surface area contributed by atoms with E-state index in [0.717, 1.165) is 18.4 Å². The van der Waals surface area contributed by atoms with Crippen molar-refractivity contribution < 1.29 is 0 Å². The molecular formula is C87H101N. The van der Waals surface area contributed by atoms with Gasteiger partial charge in [-0.1, -0.05) is 290 Å². The molecule has 88 heavy (non-hydrogen) atoms. The van der Waals surface area contributed by atoms with Crippen molar-refractivity contribution in [2.45, 2.75) is 232 Å². The Morgan fingerprint density at radius 1 is 0.261 bits per heavy atom. The summed E-state index contributed by atoms with van der Waals surface area (Å²) < 4.78 is 0. The highest BCUT2D eigenvalue weighted by molar-refractivity contribution is 6.00. The van der Waals surface area contributed by atoms with Crippen LogP contribution in [0.5, 0.6) is 0 Å². The van der Waals surface area contributed by atoms with E-state index in [1.807, 2.05) is 12.1 Å². The molecule has 0 atom stereocenters. The predicted molar refractivity (Wildman–Crippen MR) is 382 cm³/mol. The third-order valence-corrected chi connectivity index (χ3v) is 20.9. The summed E-state index contributed by atoms with van der Waals surface area (Å²) >= 11 is 0. The topological polar surface area (TPSA) is 23.8 Å². The van der Waals surface area contributed by atoms with Crippen LogP contribution in [0.15, 0.2) is 164 Å². The highest BCUT2D eigenvalue weighted by Gasteiger charge is 2.44. The van der Waals surface area contributed by atoms with Gasteiger partial charge in [-0.3, -0.25) is 0 Å². The molecule has 2 aliphatic rings. The number of hydrogen-bond donors (Lipinski definition) is 0. The average molecular weight is 1160 g/mol. The van der Waals surface area contributed by atoms with E-state index in [0.29, 0.717) is 5.56 Å². The Bertz CT molecular complexity index is 3830. The number of hydrogen-bond acceptors (Lipinski definition) is 1. The first-order chi connectivity index (χ1) is 43.2. The molecule has 0 spiro atoms. The summed E-state index contributed by atoms with van der Waals surface area (Å²) in [5.41, 5.74) is 25.3. The highest BCUT2D eigenvalue weighted by Crippen LogP contribution is 2.58. The van der Waals surface area contributed by atoms with Crippen LogP contribution in [0.4, 0.5) is 0 Å². The van der Waals surface area contributed by atoms with E-state index in [1.165, 1.54) is 266 Å². The molecule has 0 aromatic heterocycles. The van der Waals surface area contributed by atoms with Crippen molar-refractivity contribution in [2.24, 2.45) is 0 Å². The first kappa shape index (κ1) is 62.6. The monoisotopic (exact) mass is 1160 g/mol. The van der Waals surface area contributed by atoms with Crippen molar-refractivity contribution in [2.75, 3.05) is 0 Å². The van der Waals surface area contributed by atoms with Gasteiger partial charge in [-0.25, -0.2) is 0 Å². The molecule has 9 aromatic carbocycles. The Morgan fingerprint density at radius 2 is 0.568 bits per heavy atom. The minimum absolute atomic E-state index is 0.0115. The van der Waals surface area contributed by atoms with Crippen LogP contribution in [0.2, 0.25) is 0 Å². The van der Waals surface area contributed by atoms with E-state index >= 15 is 0 Å². The lowest BCUT2D eigenvalue weighted by molar-refractivity contribution is 0.398. The summed E-state index contributed by atoms with van der Waals surface area (Å²) in [5.74, 6) is 0. The van der Waals surface area contributed by atoms with Gasteiger partial charge in [0.05, 0.1) is 11.6 Å². The van der Waals surface area contributed by atoms with Crippen molar-refractivity contribution in [3.05, 3.63) is 203 Å². The van der Waals surface area contributed by atoms with Crippen LogP contribution in [0, 0.1) is 25.2 Å². The number of fused-ring (bicyclic) bond motifs is 8. The minimum atomic E-state index is -0.104. The largest absolute Gasteiger partial charge is 0.192 e. The molecule has 9 aromatic rings. The maximum absolute atomic E-state index is 9.98. The summed E-state index contributed by atoms with van der Waals surface area (Å²) in [7, 11) is 0. The van der Waals surface area contributed by atoms with Crippen LogP contribution < -0.4 is 0 Å². The van der Waals surface area contributed by atoms with Gasteiger partial charge in [-0.05, 0) is 217 Å². The number of aryl methyl sites for hydroxylation is 2. The van der Waals surface area contributed by atoms with Gasteiger partial charge in [0.2, 0.25) is 0 Å². The fourth-order valence-corrected chi connectivity index (χ4v) is 16.0. The lowest BCUT2D eigenvalue weighted by Crippen LogP contribution is -2.25. The molecule has 0 amide bonds. The number of nitrogens with zero attached hydrogens (tertiary/aromatic N) is 1. The van der Waals surface area contributed by atoms with Gasteiger partial charge in [-0.15, -0.1) is 0 Å². The molecular weight excluding hydrogens is 1060 g/mol. The molecule has 0 unspecified atom stereocenters. The Hall–Kier alpha value is -7.01. The standard InChI is InChI=1S/C87H101N/c1-7-11-15-19-23-27-47-86(48-28-24-20-16-12-8-2)82-52-64(6)32-43-78(82)79-45-41-71(60-84(79)86)76-56-74(66-36-33-65(62-88)34-37-66)57-77(58-76)72-42-46-81-80-44-40-70(67-38-39-69-54-73-51-63(5)31-35-68(73)55-75(69)53-67)59-83(80)87(85(81)61-72,49-29-25-21-17-13-9-3)50-30-26-22-18-14-10-4/h31-46,51-61H,7-30,47-50H2,1-6H3. The molecule has 0 aliphatic heterocycles. The molecule has 0 saturated heterocycles. The minimum Gasteiger partial charge on any atom is -0.192 e. The molecule has 0 saturated carbocycles. The Labute approximate surface area is 531 Å². The predicted octanol–water partition coefficient (Wildman–Crippen LogP) is 26.7. The van der Waals surface area contributed by atoms with Crippen LogP contribution in [0.25, 0.3) is 88.3 Å². The van der Waals surface area contributed by atoms with Crippen LogP contribution in [-0.2, 0) is 10.8 Å². The molecule has 1 heteroatoms.